The van der Waals surface area contributed by atoms with Crippen molar-refractivity contribution in [2.75, 3.05) is 18.6 Å². The molecule has 2 aliphatic rings. The first-order valence-corrected chi connectivity index (χ1v) is 9.82. The maximum Gasteiger partial charge on any atom is 0.325 e. The molecule has 0 saturated heterocycles. The number of rotatable bonds is 2. The summed E-state index contributed by atoms with van der Waals surface area (Å²) in [6, 6.07) is 20.6. The highest BCUT2D eigenvalue weighted by molar-refractivity contribution is 5.94. The van der Waals surface area contributed by atoms with Gasteiger partial charge in [0, 0.05) is 11.3 Å². The molecule has 1 atom stereocenters. The average molecular weight is 385 g/mol. The third kappa shape index (κ3) is 2.35. The van der Waals surface area contributed by atoms with Gasteiger partial charge in [0.1, 0.15) is 12.3 Å². The Labute approximate surface area is 170 Å². The quantitative estimate of drug-likeness (QED) is 0.588. The van der Waals surface area contributed by atoms with Crippen LogP contribution in [0.5, 0.6) is 5.75 Å². The first kappa shape index (κ1) is 17.8. The van der Waals surface area contributed by atoms with Crippen LogP contribution in [0.15, 0.2) is 66.7 Å². The van der Waals surface area contributed by atoms with E-state index in [4.69, 9.17) is 9.47 Å². The second kappa shape index (κ2) is 6.11. The third-order valence-corrected chi connectivity index (χ3v) is 6.35. The van der Waals surface area contributed by atoms with Crippen molar-refractivity contribution in [3.8, 4) is 5.75 Å². The Kier molecular flexibility index (Phi) is 3.75. The van der Waals surface area contributed by atoms with E-state index in [9.17, 15) is 4.79 Å². The number of benzene rings is 3. The molecule has 1 unspecified atom stereocenters. The van der Waals surface area contributed by atoms with Crippen LogP contribution in [0.25, 0.3) is 16.8 Å². The Morgan fingerprint density at radius 3 is 2.62 bits per heavy atom. The van der Waals surface area contributed by atoms with Crippen molar-refractivity contribution in [2.24, 2.45) is 0 Å². The third-order valence-electron chi connectivity index (χ3n) is 6.35. The zero-order valence-corrected chi connectivity index (χ0v) is 16.8. The van der Waals surface area contributed by atoms with Crippen molar-refractivity contribution in [3.63, 3.8) is 0 Å². The second-order valence-corrected chi connectivity index (χ2v) is 8.13. The van der Waals surface area contributed by atoms with Crippen LogP contribution in [0.2, 0.25) is 0 Å². The molecule has 0 amide bonds. The molecule has 0 radical (unpaired) electrons. The van der Waals surface area contributed by atoms with Crippen LogP contribution in [0.1, 0.15) is 25.0 Å². The fourth-order valence-corrected chi connectivity index (χ4v) is 4.76. The summed E-state index contributed by atoms with van der Waals surface area (Å²) < 4.78 is 11.8. The molecule has 4 heteroatoms. The van der Waals surface area contributed by atoms with Gasteiger partial charge in [-0.25, -0.2) is 0 Å². The number of carbonyl (C=O) groups is 1. The minimum atomic E-state index is -0.819. The van der Waals surface area contributed by atoms with Gasteiger partial charge in [-0.2, -0.15) is 0 Å². The number of fused-ring (bicyclic) bond motifs is 4. The molecule has 0 aliphatic carbocycles. The topological polar surface area (TPSA) is 38.8 Å². The molecule has 2 aliphatic heterocycles. The Morgan fingerprint density at radius 1 is 1.03 bits per heavy atom. The van der Waals surface area contributed by atoms with E-state index in [1.165, 1.54) is 12.5 Å². The predicted molar refractivity (Wildman–Crippen MR) is 115 cm³/mol. The zero-order valence-electron chi connectivity index (χ0n) is 16.8. The molecule has 0 saturated carbocycles. The molecule has 0 aromatic heterocycles. The maximum atomic E-state index is 12.3. The van der Waals surface area contributed by atoms with E-state index >= 15 is 0 Å². The molecule has 0 bridgehead atoms. The van der Waals surface area contributed by atoms with E-state index in [1.807, 2.05) is 41.3 Å². The molecule has 0 N–H and O–H groups in total. The molecule has 146 valence electrons. The van der Waals surface area contributed by atoms with Gasteiger partial charge in [-0.15, -0.1) is 0 Å². The molecule has 1 spiro atoms. The van der Waals surface area contributed by atoms with Gasteiger partial charge in [0.2, 0.25) is 5.72 Å². The summed E-state index contributed by atoms with van der Waals surface area (Å²) >= 11 is 0. The Hall–Kier alpha value is -3.27. The Balaban J connectivity index is 1.70. The number of ether oxygens (including phenoxy) is 2. The van der Waals surface area contributed by atoms with E-state index in [0.29, 0.717) is 0 Å². The summed E-state index contributed by atoms with van der Waals surface area (Å²) in [6.07, 6.45) is 4.24. The normalized spacial score (nSPS) is 21.0. The highest BCUT2D eigenvalue weighted by Gasteiger charge is 2.59. The Bertz CT molecular complexity index is 1160. The lowest BCUT2D eigenvalue weighted by Gasteiger charge is -2.46. The number of para-hydroxylation sites is 1. The van der Waals surface area contributed by atoms with Crippen molar-refractivity contribution < 1.29 is 14.3 Å². The molecular weight excluding hydrogens is 362 g/mol. The van der Waals surface area contributed by atoms with Crippen LogP contribution in [0, 0.1) is 0 Å². The second-order valence-electron chi connectivity index (χ2n) is 8.13. The molecular formula is C25H23NO3. The van der Waals surface area contributed by atoms with Crippen molar-refractivity contribution in [3.05, 3.63) is 77.9 Å². The van der Waals surface area contributed by atoms with Crippen LogP contribution in [-0.4, -0.2) is 25.3 Å². The smallest absolute Gasteiger partial charge is 0.325 e. The van der Waals surface area contributed by atoms with Crippen LogP contribution in [0.3, 0.4) is 0 Å². The van der Waals surface area contributed by atoms with E-state index in [1.54, 1.807) is 0 Å². The average Bonchev–Trinajstić information content (AvgIpc) is 2.92. The van der Waals surface area contributed by atoms with E-state index in [-0.39, 0.29) is 17.9 Å². The van der Waals surface area contributed by atoms with Gasteiger partial charge in [0.25, 0.3) is 0 Å². The van der Waals surface area contributed by atoms with Gasteiger partial charge in [-0.1, -0.05) is 48.5 Å². The van der Waals surface area contributed by atoms with Crippen molar-refractivity contribution in [1.29, 1.82) is 0 Å². The molecule has 2 heterocycles. The summed E-state index contributed by atoms with van der Waals surface area (Å²) in [5.74, 6) is 0.528. The van der Waals surface area contributed by atoms with E-state index in [0.717, 1.165) is 28.0 Å². The fourth-order valence-electron chi connectivity index (χ4n) is 4.76. The summed E-state index contributed by atoms with van der Waals surface area (Å²) in [4.78, 5) is 14.3. The van der Waals surface area contributed by atoms with Crippen LogP contribution >= 0.6 is 0 Å². The van der Waals surface area contributed by atoms with Gasteiger partial charge in [-0.05, 0) is 54.5 Å². The van der Waals surface area contributed by atoms with Crippen molar-refractivity contribution in [2.45, 2.75) is 25.0 Å². The van der Waals surface area contributed by atoms with E-state index in [2.05, 4.69) is 50.3 Å². The Morgan fingerprint density at radius 2 is 1.79 bits per heavy atom. The van der Waals surface area contributed by atoms with Gasteiger partial charge in [0.15, 0.2) is 0 Å². The lowest BCUT2D eigenvalue weighted by molar-refractivity contribution is -0.139. The molecule has 4 nitrogen and oxygen atoms in total. The lowest BCUT2D eigenvalue weighted by atomic mass is 9.76. The molecule has 3 aromatic rings. The van der Waals surface area contributed by atoms with Gasteiger partial charge < -0.3 is 14.4 Å². The number of carbonyl (C=O) groups excluding carboxylic acids is 1. The van der Waals surface area contributed by atoms with Crippen LogP contribution < -0.4 is 9.64 Å². The largest absolute Gasteiger partial charge is 0.468 e. The molecule has 29 heavy (non-hydrogen) atoms. The van der Waals surface area contributed by atoms with Gasteiger partial charge in [0.05, 0.1) is 12.5 Å². The zero-order chi connectivity index (χ0) is 20.2. The standard InChI is InChI=1S/C25H23NO3/c1-24(2)20-10-6-7-11-21(20)26(16-23(27)28-3)25(24)15-14-19-18-9-5-4-8-17(18)12-13-22(19)29-25/h4-15H,16H2,1-3H3. The first-order valence-electron chi connectivity index (χ1n) is 9.82. The number of hydrogen-bond acceptors (Lipinski definition) is 4. The number of methoxy groups -OCH3 is 1. The van der Waals surface area contributed by atoms with Crippen LogP contribution in [0.4, 0.5) is 5.69 Å². The molecule has 5 rings (SSSR count). The SMILES string of the molecule is COC(=O)CN1c2ccccc2C(C)(C)C12C=Cc1c(ccc3ccccc13)O2. The van der Waals surface area contributed by atoms with Crippen molar-refractivity contribution in [1.82, 2.24) is 0 Å². The number of esters is 1. The minimum Gasteiger partial charge on any atom is -0.468 e. The lowest BCUT2D eigenvalue weighted by Crippen LogP contribution is -2.60. The predicted octanol–water partition coefficient (Wildman–Crippen LogP) is 4.91. The molecule has 3 aromatic carbocycles. The maximum absolute atomic E-state index is 12.3. The van der Waals surface area contributed by atoms with Gasteiger partial charge in [-0.3, -0.25) is 4.79 Å². The molecule has 0 fully saturated rings. The van der Waals surface area contributed by atoms with Gasteiger partial charge >= 0.3 is 5.97 Å². The van der Waals surface area contributed by atoms with Crippen molar-refractivity contribution >= 4 is 28.5 Å². The minimum absolute atomic E-state index is 0.115. The summed E-state index contributed by atoms with van der Waals surface area (Å²) in [5, 5.41) is 2.33. The number of nitrogens with zero attached hydrogens (tertiary/aromatic N) is 1. The number of anilines is 1. The fraction of sp³-hybridized carbons (Fsp3) is 0.240. The van der Waals surface area contributed by atoms with Crippen LogP contribution in [-0.2, 0) is 14.9 Å². The van der Waals surface area contributed by atoms with E-state index < -0.39 is 5.72 Å². The summed E-state index contributed by atoms with van der Waals surface area (Å²) in [6.45, 7) is 4.45. The highest BCUT2D eigenvalue weighted by Crippen LogP contribution is 2.55. The summed E-state index contributed by atoms with van der Waals surface area (Å²) in [5.41, 5.74) is 2.02. The number of hydrogen-bond donors (Lipinski definition) is 0. The highest BCUT2D eigenvalue weighted by atomic mass is 16.5. The monoisotopic (exact) mass is 385 g/mol. The summed E-state index contributed by atoms with van der Waals surface area (Å²) in [7, 11) is 1.42. The first-order chi connectivity index (χ1) is 14.0.